The third-order valence-electron chi connectivity index (χ3n) is 5.00. The summed E-state index contributed by atoms with van der Waals surface area (Å²) in [5.41, 5.74) is 8.11. The lowest BCUT2D eigenvalue weighted by Gasteiger charge is -2.36. The number of imidazole rings is 1. The summed E-state index contributed by atoms with van der Waals surface area (Å²) in [6, 6.07) is 12.9. The van der Waals surface area contributed by atoms with E-state index in [0.717, 1.165) is 30.1 Å². The van der Waals surface area contributed by atoms with E-state index in [0.29, 0.717) is 24.5 Å². The molecule has 0 saturated carbocycles. The second kappa shape index (κ2) is 10.2. The van der Waals surface area contributed by atoms with Crippen molar-refractivity contribution in [2.75, 3.05) is 31.1 Å². The van der Waals surface area contributed by atoms with Gasteiger partial charge in [-0.05, 0) is 36.2 Å². The molecule has 0 radical (unpaired) electrons. The molecule has 3 heterocycles. The smallest absolute Gasteiger partial charge is 0.239 e. The molecule has 1 saturated heterocycles. The van der Waals surface area contributed by atoms with Crippen molar-refractivity contribution in [3.63, 3.8) is 0 Å². The summed E-state index contributed by atoms with van der Waals surface area (Å²) in [6.07, 6.45) is 4.42. The third kappa shape index (κ3) is 5.14. The first-order chi connectivity index (χ1) is 13.1. The van der Waals surface area contributed by atoms with Crippen LogP contribution in [-0.2, 0) is 11.2 Å². The Balaban J connectivity index is 0.00000150. The molecule has 0 aliphatic carbocycles. The first kappa shape index (κ1) is 23.3. The zero-order valence-corrected chi connectivity index (χ0v) is 18.2. The van der Waals surface area contributed by atoms with Crippen molar-refractivity contribution >= 4 is 53.8 Å². The molecule has 0 spiro atoms. The fourth-order valence-corrected chi connectivity index (χ4v) is 3.63. The van der Waals surface area contributed by atoms with Crippen LogP contribution in [0.1, 0.15) is 5.56 Å². The van der Waals surface area contributed by atoms with E-state index >= 15 is 0 Å². The standard InChI is InChI=1S/C20H22ClN5O.2ClH/c21-16-6-4-15(5-7-16)13-17(22)20(27)25-11-9-24(10-12-25)19-14-23-18-3-1-2-8-26(18)19;;/h1-8,14,17H,9-13,22H2;2*1H/t17-;;/m1../s1. The molecule has 156 valence electrons. The van der Waals surface area contributed by atoms with Crippen molar-refractivity contribution in [1.82, 2.24) is 14.3 Å². The van der Waals surface area contributed by atoms with Gasteiger partial charge in [-0.3, -0.25) is 9.20 Å². The van der Waals surface area contributed by atoms with Crippen molar-refractivity contribution in [2.24, 2.45) is 5.73 Å². The molecule has 3 aromatic rings. The zero-order chi connectivity index (χ0) is 18.8. The van der Waals surface area contributed by atoms with Crippen LogP contribution >= 0.6 is 36.4 Å². The predicted molar refractivity (Wildman–Crippen MR) is 122 cm³/mol. The number of carbonyl (C=O) groups excluding carboxylic acids is 1. The second-order valence-electron chi connectivity index (χ2n) is 6.79. The molecule has 2 N–H and O–H groups in total. The maximum atomic E-state index is 12.7. The van der Waals surface area contributed by atoms with Crippen LogP contribution in [0.15, 0.2) is 54.9 Å². The molecule has 1 aliphatic rings. The number of hydrogen-bond donors (Lipinski definition) is 1. The minimum absolute atomic E-state index is 0. The Morgan fingerprint density at radius 3 is 2.45 bits per heavy atom. The normalized spacial score (nSPS) is 14.8. The van der Waals surface area contributed by atoms with Crippen molar-refractivity contribution < 1.29 is 4.79 Å². The number of halogens is 3. The van der Waals surface area contributed by atoms with Crippen molar-refractivity contribution in [2.45, 2.75) is 12.5 Å². The number of fused-ring (bicyclic) bond motifs is 1. The topological polar surface area (TPSA) is 66.9 Å². The SMILES string of the molecule is Cl.Cl.N[C@H](Cc1ccc(Cl)cc1)C(=O)N1CCN(c2cnc3ccccn23)CC1. The van der Waals surface area contributed by atoms with Crippen LogP contribution in [-0.4, -0.2) is 52.4 Å². The Bertz CT molecular complexity index is 939. The molecule has 1 fully saturated rings. The number of nitrogens with zero attached hydrogens (tertiary/aromatic N) is 4. The Labute approximate surface area is 187 Å². The average molecular weight is 457 g/mol. The Kier molecular flexibility index (Phi) is 8.16. The summed E-state index contributed by atoms with van der Waals surface area (Å²) in [6.45, 7) is 2.85. The van der Waals surface area contributed by atoms with E-state index in [9.17, 15) is 4.79 Å². The number of nitrogens with two attached hydrogens (primary N) is 1. The lowest BCUT2D eigenvalue weighted by Crippen LogP contribution is -2.53. The van der Waals surface area contributed by atoms with Crippen LogP contribution in [0.25, 0.3) is 5.65 Å². The third-order valence-corrected chi connectivity index (χ3v) is 5.25. The highest BCUT2D eigenvalue weighted by atomic mass is 35.5. The van der Waals surface area contributed by atoms with Crippen LogP contribution in [0.4, 0.5) is 5.82 Å². The van der Waals surface area contributed by atoms with Gasteiger partial charge in [0.1, 0.15) is 11.5 Å². The van der Waals surface area contributed by atoms with E-state index in [-0.39, 0.29) is 30.7 Å². The van der Waals surface area contributed by atoms with Crippen LogP contribution in [0.5, 0.6) is 0 Å². The lowest BCUT2D eigenvalue weighted by molar-refractivity contribution is -0.132. The van der Waals surface area contributed by atoms with Gasteiger partial charge >= 0.3 is 0 Å². The van der Waals surface area contributed by atoms with Crippen LogP contribution in [0.3, 0.4) is 0 Å². The van der Waals surface area contributed by atoms with Crippen LogP contribution in [0, 0.1) is 0 Å². The summed E-state index contributed by atoms with van der Waals surface area (Å²) in [4.78, 5) is 21.3. The minimum Gasteiger partial charge on any atom is -0.353 e. The molecule has 1 atom stereocenters. The van der Waals surface area contributed by atoms with Gasteiger partial charge in [0, 0.05) is 37.4 Å². The molecule has 9 heteroatoms. The Hall–Kier alpha value is -1.99. The zero-order valence-electron chi connectivity index (χ0n) is 15.8. The Morgan fingerprint density at radius 2 is 1.76 bits per heavy atom. The van der Waals surface area contributed by atoms with Gasteiger partial charge in [-0.1, -0.05) is 29.8 Å². The summed E-state index contributed by atoms with van der Waals surface area (Å²) >= 11 is 5.91. The molecule has 29 heavy (non-hydrogen) atoms. The highest BCUT2D eigenvalue weighted by Crippen LogP contribution is 2.19. The van der Waals surface area contributed by atoms with Crippen molar-refractivity contribution in [3.8, 4) is 0 Å². The predicted octanol–water partition coefficient (Wildman–Crippen LogP) is 3.05. The molecule has 1 amide bonds. The molecular formula is C20H24Cl3N5O. The number of amides is 1. The summed E-state index contributed by atoms with van der Waals surface area (Å²) in [5, 5.41) is 0.683. The first-order valence-corrected chi connectivity index (χ1v) is 9.45. The molecule has 0 unspecified atom stereocenters. The summed E-state index contributed by atoms with van der Waals surface area (Å²) in [5.74, 6) is 1.06. The number of benzene rings is 1. The maximum Gasteiger partial charge on any atom is 0.239 e. The van der Waals surface area contributed by atoms with E-state index < -0.39 is 6.04 Å². The van der Waals surface area contributed by atoms with Gasteiger partial charge < -0.3 is 15.5 Å². The van der Waals surface area contributed by atoms with Gasteiger partial charge in [-0.25, -0.2) is 4.98 Å². The van der Waals surface area contributed by atoms with E-state index in [1.807, 2.05) is 59.8 Å². The van der Waals surface area contributed by atoms with Gasteiger partial charge in [0.25, 0.3) is 0 Å². The number of piperazine rings is 1. The van der Waals surface area contributed by atoms with Crippen LogP contribution < -0.4 is 10.6 Å². The van der Waals surface area contributed by atoms with Crippen molar-refractivity contribution in [1.29, 1.82) is 0 Å². The highest BCUT2D eigenvalue weighted by molar-refractivity contribution is 6.30. The van der Waals surface area contributed by atoms with Gasteiger partial charge in [0.15, 0.2) is 0 Å². The maximum absolute atomic E-state index is 12.7. The summed E-state index contributed by atoms with van der Waals surface area (Å²) in [7, 11) is 0. The van der Waals surface area contributed by atoms with E-state index in [4.69, 9.17) is 17.3 Å². The Morgan fingerprint density at radius 1 is 1.07 bits per heavy atom. The molecule has 1 aromatic carbocycles. The van der Waals surface area contributed by atoms with E-state index in [1.54, 1.807) is 0 Å². The monoisotopic (exact) mass is 455 g/mol. The molecule has 4 rings (SSSR count). The quantitative estimate of drug-likeness (QED) is 0.655. The lowest BCUT2D eigenvalue weighted by atomic mass is 10.1. The largest absolute Gasteiger partial charge is 0.353 e. The average Bonchev–Trinajstić information content (AvgIpc) is 3.13. The molecule has 2 aromatic heterocycles. The van der Waals surface area contributed by atoms with Crippen LogP contribution in [0.2, 0.25) is 5.02 Å². The fraction of sp³-hybridized carbons (Fsp3) is 0.300. The van der Waals surface area contributed by atoms with Crippen molar-refractivity contribution in [3.05, 3.63) is 65.4 Å². The van der Waals surface area contributed by atoms with E-state index in [1.165, 1.54) is 0 Å². The van der Waals surface area contributed by atoms with Gasteiger partial charge in [0.05, 0.1) is 12.2 Å². The molecule has 6 nitrogen and oxygen atoms in total. The molecule has 1 aliphatic heterocycles. The second-order valence-corrected chi connectivity index (χ2v) is 7.23. The highest BCUT2D eigenvalue weighted by Gasteiger charge is 2.26. The van der Waals surface area contributed by atoms with E-state index in [2.05, 4.69) is 14.3 Å². The van der Waals surface area contributed by atoms with Gasteiger partial charge in [0.2, 0.25) is 5.91 Å². The number of aromatic nitrogens is 2. The summed E-state index contributed by atoms with van der Waals surface area (Å²) < 4.78 is 2.07. The fourth-order valence-electron chi connectivity index (χ4n) is 3.51. The number of pyridine rings is 1. The number of carbonyl (C=O) groups is 1. The number of hydrogen-bond acceptors (Lipinski definition) is 4. The minimum atomic E-state index is -0.534. The number of anilines is 1. The molecular weight excluding hydrogens is 433 g/mol. The molecule has 0 bridgehead atoms. The van der Waals surface area contributed by atoms with Gasteiger partial charge in [-0.2, -0.15) is 0 Å². The van der Waals surface area contributed by atoms with Gasteiger partial charge in [-0.15, -0.1) is 24.8 Å². The number of rotatable bonds is 4. The first-order valence-electron chi connectivity index (χ1n) is 9.07.